The van der Waals surface area contributed by atoms with Gasteiger partial charge in [0.1, 0.15) is 6.61 Å². The molecule has 0 bridgehead atoms. The van der Waals surface area contributed by atoms with Crippen LogP contribution in [0.2, 0.25) is 0 Å². The minimum Gasteiger partial charge on any atom is -0.458 e. The minimum absolute atomic E-state index is 0.283. The second-order valence-electron chi connectivity index (χ2n) is 3.30. The maximum Gasteiger partial charge on any atom is 0.338 e. The Morgan fingerprint density at radius 3 is 2.62 bits per heavy atom. The zero-order chi connectivity index (χ0) is 11.6. The van der Waals surface area contributed by atoms with Crippen LogP contribution in [0.25, 0.3) is 0 Å². The quantitative estimate of drug-likeness (QED) is 0.414. The van der Waals surface area contributed by atoms with Gasteiger partial charge in [0.2, 0.25) is 0 Å². The fourth-order valence-corrected chi connectivity index (χ4v) is 1.18. The summed E-state index contributed by atoms with van der Waals surface area (Å²) in [5.41, 5.74) is 0.585. The van der Waals surface area contributed by atoms with Crippen molar-refractivity contribution < 1.29 is 9.53 Å². The summed E-state index contributed by atoms with van der Waals surface area (Å²) >= 11 is 0. The number of rotatable bonds is 6. The molecule has 0 saturated carbocycles. The molecule has 0 fully saturated rings. The van der Waals surface area contributed by atoms with Gasteiger partial charge < -0.3 is 4.74 Å². The second-order valence-corrected chi connectivity index (χ2v) is 3.30. The Morgan fingerprint density at radius 1 is 1.19 bits per heavy atom. The van der Waals surface area contributed by atoms with Crippen molar-refractivity contribution in [3.05, 3.63) is 60.7 Å². The zero-order valence-corrected chi connectivity index (χ0v) is 9.26. The molecule has 0 unspecified atom stereocenters. The smallest absolute Gasteiger partial charge is 0.338 e. The van der Waals surface area contributed by atoms with Crippen LogP contribution in [-0.2, 0) is 4.74 Å². The van der Waals surface area contributed by atoms with Crippen molar-refractivity contribution in [2.24, 2.45) is 0 Å². The third-order valence-electron chi connectivity index (χ3n) is 2.02. The van der Waals surface area contributed by atoms with Gasteiger partial charge in [-0.25, -0.2) is 4.79 Å². The van der Waals surface area contributed by atoms with E-state index < -0.39 is 0 Å². The lowest BCUT2D eigenvalue weighted by Crippen LogP contribution is -2.04. The molecule has 2 nitrogen and oxygen atoms in total. The van der Waals surface area contributed by atoms with Crippen LogP contribution in [-0.4, -0.2) is 12.6 Å². The Kier molecular flexibility index (Phi) is 5.71. The molecule has 0 atom stereocenters. The van der Waals surface area contributed by atoms with E-state index in [1.54, 1.807) is 12.1 Å². The predicted octanol–water partition coefficient (Wildman–Crippen LogP) is 3.37. The van der Waals surface area contributed by atoms with Crippen LogP contribution in [0.5, 0.6) is 0 Å². The Morgan fingerprint density at radius 2 is 1.94 bits per heavy atom. The number of allylic oxidation sites excluding steroid dienone is 2. The molecule has 0 aliphatic carbocycles. The van der Waals surface area contributed by atoms with Crippen molar-refractivity contribution >= 4 is 5.97 Å². The van der Waals surface area contributed by atoms with Crippen molar-refractivity contribution in [1.29, 1.82) is 0 Å². The fourth-order valence-electron chi connectivity index (χ4n) is 1.18. The summed E-state index contributed by atoms with van der Waals surface area (Å²) < 4.78 is 5.06. The van der Waals surface area contributed by atoms with Gasteiger partial charge in [0.15, 0.2) is 0 Å². The Bertz CT molecular complexity index is 352. The molecule has 1 aromatic carbocycles. The second kappa shape index (κ2) is 7.46. The van der Waals surface area contributed by atoms with Crippen molar-refractivity contribution in [2.75, 3.05) is 6.61 Å². The first-order valence-electron chi connectivity index (χ1n) is 5.32. The standard InChI is InChI=1S/C14H16O2/c1-2-3-4-5-9-12-16-14(15)13-10-7-6-8-11-13/h2,5-11H,1,3-4,12H2/b9-5+. The van der Waals surface area contributed by atoms with Gasteiger partial charge in [0, 0.05) is 0 Å². The van der Waals surface area contributed by atoms with Crippen LogP contribution >= 0.6 is 0 Å². The van der Waals surface area contributed by atoms with Gasteiger partial charge in [-0.2, -0.15) is 0 Å². The number of esters is 1. The molecule has 0 amide bonds. The van der Waals surface area contributed by atoms with Crippen LogP contribution in [0.15, 0.2) is 55.1 Å². The molecule has 1 aromatic rings. The van der Waals surface area contributed by atoms with E-state index in [0.29, 0.717) is 12.2 Å². The molecule has 16 heavy (non-hydrogen) atoms. The van der Waals surface area contributed by atoms with Crippen molar-refractivity contribution in [3.8, 4) is 0 Å². The molecule has 0 spiro atoms. The molecule has 0 aliphatic rings. The minimum atomic E-state index is -0.283. The number of benzene rings is 1. The molecule has 0 aromatic heterocycles. The predicted molar refractivity (Wildman–Crippen MR) is 65.3 cm³/mol. The number of carbonyl (C=O) groups excluding carboxylic acids is 1. The molecule has 0 N–H and O–H groups in total. The highest BCUT2D eigenvalue weighted by Gasteiger charge is 2.03. The van der Waals surface area contributed by atoms with Gasteiger partial charge in [-0.1, -0.05) is 36.4 Å². The lowest BCUT2D eigenvalue weighted by Gasteiger charge is -2.00. The summed E-state index contributed by atoms with van der Waals surface area (Å²) in [7, 11) is 0. The van der Waals surface area contributed by atoms with E-state index in [1.807, 2.05) is 36.4 Å². The fraction of sp³-hybridized carbons (Fsp3) is 0.214. The van der Waals surface area contributed by atoms with E-state index in [2.05, 4.69) is 6.58 Å². The average molecular weight is 216 g/mol. The molecule has 0 saturated heterocycles. The van der Waals surface area contributed by atoms with Crippen LogP contribution in [0.3, 0.4) is 0 Å². The van der Waals surface area contributed by atoms with Gasteiger partial charge >= 0.3 is 5.97 Å². The highest BCUT2D eigenvalue weighted by atomic mass is 16.5. The van der Waals surface area contributed by atoms with Gasteiger partial charge in [-0.3, -0.25) is 0 Å². The lowest BCUT2D eigenvalue weighted by atomic mass is 10.2. The normalized spacial score (nSPS) is 10.2. The maximum absolute atomic E-state index is 11.5. The maximum atomic E-state index is 11.5. The Balaban J connectivity index is 2.26. The third-order valence-corrected chi connectivity index (χ3v) is 2.02. The summed E-state index contributed by atoms with van der Waals surface area (Å²) in [6.07, 6.45) is 7.58. The van der Waals surface area contributed by atoms with Crippen molar-refractivity contribution in [2.45, 2.75) is 12.8 Å². The summed E-state index contributed by atoms with van der Waals surface area (Å²) in [5.74, 6) is -0.283. The Labute approximate surface area is 96.2 Å². The van der Waals surface area contributed by atoms with E-state index in [1.165, 1.54) is 0 Å². The molecule has 0 radical (unpaired) electrons. The van der Waals surface area contributed by atoms with Crippen LogP contribution < -0.4 is 0 Å². The van der Waals surface area contributed by atoms with E-state index in [0.717, 1.165) is 12.8 Å². The summed E-state index contributed by atoms with van der Waals surface area (Å²) in [4.78, 5) is 11.5. The summed E-state index contributed by atoms with van der Waals surface area (Å²) in [6, 6.07) is 8.98. The number of hydrogen-bond acceptors (Lipinski definition) is 2. The highest BCUT2D eigenvalue weighted by Crippen LogP contribution is 2.01. The first kappa shape index (κ1) is 12.2. The van der Waals surface area contributed by atoms with Gasteiger partial charge in [-0.05, 0) is 25.0 Å². The Hall–Kier alpha value is -1.83. The van der Waals surface area contributed by atoms with Crippen molar-refractivity contribution in [3.63, 3.8) is 0 Å². The van der Waals surface area contributed by atoms with Crippen LogP contribution in [0.1, 0.15) is 23.2 Å². The van der Waals surface area contributed by atoms with E-state index in [9.17, 15) is 4.79 Å². The van der Waals surface area contributed by atoms with E-state index in [-0.39, 0.29) is 5.97 Å². The number of ether oxygens (including phenoxy) is 1. The monoisotopic (exact) mass is 216 g/mol. The summed E-state index contributed by atoms with van der Waals surface area (Å²) in [5, 5.41) is 0. The largest absolute Gasteiger partial charge is 0.458 e. The topological polar surface area (TPSA) is 26.3 Å². The third kappa shape index (κ3) is 4.60. The average Bonchev–Trinajstić information content (AvgIpc) is 2.34. The van der Waals surface area contributed by atoms with Crippen LogP contribution in [0, 0.1) is 0 Å². The molecular formula is C14H16O2. The van der Waals surface area contributed by atoms with E-state index in [4.69, 9.17) is 4.74 Å². The molecule has 84 valence electrons. The first-order valence-corrected chi connectivity index (χ1v) is 5.32. The van der Waals surface area contributed by atoms with Gasteiger partial charge in [0.25, 0.3) is 0 Å². The molecule has 2 heteroatoms. The number of carbonyl (C=O) groups is 1. The van der Waals surface area contributed by atoms with Crippen molar-refractivity contribution in [1.82, 2.24) is 0 Å². The number of hydrogen-bond donors (Lipinski definition) is 0. The van der Waals surface area contributed by atoms with E-state index >= 15 is 0 Å². The number of unbranched alkanes of at least 4 members (excludes halogenated alkanes) is 1. The summed E-state index contributed by atoms with van der Waals surface area (Å²) in [6.45, 7) is 3.95. The molecule has 0 aliphatic heterocycles. The lowest BCUT2D eigenvalue weighted by molar-refractivity contribution is 0.0549. The molecule has 0 heterocycles. The van der Waals surface area contributed by atoms with Gasteiger partial charge in [0.05, 0.1) is 5.56 Å². The molecular weight excluding hydrogens is 200 g/mol. The SMILES string of the molecule is C=CCC/C=C/COC(=O)c1ccccc1. The first-order chi connectivity index (χ1) is 7.84. The zero-order valence-electron chi connectivity index (χ0n) is 9.26. The highest BCUT2D eigenvalue weighted by molar-refractivity contribution is 5.89. The molecule has 1 rings (SSSR count). The van der Waals surface area contributed by atoms with Gasteiger partial charge in [-0.15, -0.1) is 6.58 Å². The van der Waals surface area contributed by atoms with Crippen LogP contribution in [0.4, 0.5) is 0 Å².